The molecule has 2 aromatic rings. The normalized spacial score (nSPS) is 10.8. The van der Waals surface area contributed by atoms with Crippen LogP contribution in [-0.4, -0.2) is 13.2 Å². The molecule has 6 heteroatoms. The van der Waals surface area contributed by atoms with Gasteiger partial charge in [-0.05, 0) is 93.4 Å². The van der Waals surface area contributed by atoms with E-state index in [-0.39, 0.29) is 0 Å². The Bertz CT molecular complexity index is 674. The third kappa shape index (κ3) is 6.04. The third-order valence-electron chi connectivity index (χ3n) is 3.71. The highest BCUT2D eigenvalue weighted by Gasteiger charge is 2.11. The molecular weight excluding hydrogens is 585 g/mol. The SMILES string of the molecule is CCc1cc(Cl)cc(I)c1OCCCOc1c(I)cc(Cl)cc1CC. The molecule has 0 amide bonds. The molecule has 0 aliphatic rings. The monoisotopic (exact) mass is 604 g/mol. The minimum absolute atomic E-state index is 0.607. The average Bonchev–Trinajstić information content (AvgIpc) is 2.56. The molecule has 0 spiro atoms. The van der Waals surface area contributed by atoms with E-state index in [0.717, 1.165) is 59.1 Å². The minimum Gasteiger partial charge on any atom is -0.492 e. The number of hydrogen-bond acceptors (Lipinski definition) is 2. The lowest BCUT2D eigenvalue weighted by molar-refractivity contribution is 0.243. The molecule has 25 heavy (non-hydrogen) atoms. The van der Waals surface area contributed by atoms with E-state index in [1.807, 2.05) is 24.3 Å². The summed E-state index contributed by atoms with van der Waals surface area (Å²) in [5.74, 6) is 1.87. The average molecular weight is 605 g/mol. The highest BCUT2D eigenvalue weighted by atomic mass is 127. The molecule has 2 aromatic carbocycles. The van der Waals surface area contributed by atoms with E-state index in [4.69, 9.17) is 32.7 Å². The summed E-state index contributed by atoms with van der Waals surface area (Å²) < 4.78 is 14.1. The van der Waals surface area contributed by atoms with E-state index in [0.29, 0.717) is 13.2 Å². The summed E-state index contributed by atoms with van der Waals surface area (Å²) in [4.78, 5) is 0. The molecule has 0 bridgehead atoms. The Morgan fingerprint density at radius 2 is 1.16 bits per heavy atom. The summed E-state index contributed by atoms with van der Waals surface area (Å²) in [6.07, 6.45) is 2.60. The Morgan fingerprint density at radius 1 is 0.760 bits per heavy atom. The maximum atomic E-state index is 6.12. The second-order valence-electron chi connectivity index (χ2n) is 5.51. The van der Waals surface area contributed by atoms with Crippen LogP contribution in [0.25, 0.3) is 0 Å². The van der Waals surface area contributed by atoms with Crippen LogP contribution in [0.5, 0.6) is 11.5 Å². The lowest BCUT2D eigenvalue weighted by atomic mass is 10.1. The molecule has 0 radical (unpaired) electrons. The molecule has 0 saturated carbocycles. The van der Waals surface area contributed by atoms with Crippen molar-refractivity contribution in [3.8, 4) is 11.5 Å². The number of benzene rings is 2. The number of aryl methyl sites for hydroxylation is 2. The predicted octanol–water partition coefficient (Wildman–Crippen LogP) is 7.18. The number of hydrogen-bond donors (Lipinski definition) is 0. The van der Waals surface area contributed by atoms with Crippen LogP contribution in [0.1, 0.15) is 31.4 Å². The van der Waals surface area contributed by atoms with Gasteiger partial charge in [0.2, 0.25) is 0 Å². The van der Waals surface area contributed by atoms with Gasteiger partial charge in [0.15, 0.2) is 0 Å². The van der Waals surface area contributed by atoms with Crippen molar-refractivity contribution in [1.29, 1.82) is 0 Å². The van der Waals surface area contributed by atoms with Crippen molar-refractivity contribution in [3.63, 3.8) is 0 Å². The quantitative estimate of drug-likeness (QED) is 0.235. The molecule has 0 N–H and O–H groups in total. The van der Waals surface area contributed by atoms with Crippen LogP contribution in [0.2, 0.25) is 10.0 Å². The minimum atomic E-state index is 0.607. The van der Waals surface area contributed by atoms with E-state index in [9.17, 15) is 0 Å². The van der Waals surface area contributed by atoms with Gasteiger partial charge in [0.05, 0.1) is 20.4 Å². The summed E-state index contributed by atoms with van der Waals surface area (Å²) in [6, 6.07) is 7.80. The molecule has 2 rings (SSSR count). The maximum Gasteiger partial charge on any atom is 0.135 e. The highest BCUT2D eigenvalue weighted by molar-refractivity contribution is 14.1. The van der Waals surface area contributed by atoms with E-state index in [1.165, 1.54) is 0 Å². The molecule has 0 heterocycles. The Morgan fingerprint density at radius 3 is 1.52 bits per heavy atom. The van der Waals surface area contributed by atoms with E-state index in [1.54, 1.807) is 0 Å². The van der Waals surface area contributed by atoms with Gasteiger partial charge in [-0.15, -0.1) is 0 Å². The first-order valence-electron chi connectivity index (χ1n) is 8.17. The van der Waals surface area contributed by atoms with Crippen molar-refractivity contribution in [2.45, 2.75) is 33.1 Å². The predicted molar refractivity (Wildman–Crippen MR) is 123 cm³/mol. The van der Waals surface area contributed by atoms with E-state index >= 15 is 0 Å². The third-order valence-corrected chi connectivity index (χ3v) is 5.75. The Kier molecular flexibility index (Phi) is 8.91. The van der Waals surface area contributed by atoms with Crippen LogP contribution < -0.4 is 9.47 Å². The number of halogens is 4. The van der Waals surface area contributed by atoms with Gasteiger partial charge in [-0.25, -0.2) is 0 Å². The number of ether oxygens (including phenoxy) is 2. The van der Waals surface area contributed by atoms with Crippen molar-refractivity contribution in [1.82, 2.24) is 0 Å². The van der Waals surface area contributed by atoms with E-state index in [2.05, 4.69) is 59.0 Å². The second-order valence-corrected chi connectivity index (χ2v) is 8.71. The first-order chi connectivity index (χ1) is 12.0. The zero-order chi connectivity index (χ0) is 18.4. The van der Waals surface area contributed by atoms with E-state index < -0.39 is 0 Å². The second kappa shape index (κ2) is 10.4. The highest BCUT2D eigenvalue weighted by Crippen LogP contribution is 2.31. The van der Waals surface area contributed by atoms with Crippen molar-refractivity contribution in [2.24, 2.45) is 0 Å². The molecule has 0 saturated heterocycles. The van der Waals surface area contributed by atoms with Crippen LogP contribution in [0, 0.1) is 7.14 Å². The fourth-order valence-electron chi connectivity index (χ4n) is 2.48. The molecule has 136 valence electrons. The van der Waals surface area contributed by atoms with Crippen molar-refractivity contribution < 1.29 is 9.47 Å². The number of rotatable bonds is 8. The Hall–Kier alpha value is 0.0800. The van der Waals surface area contributed by atoms with Gasteiger partial charge in [0.25, 0.3) is 0 Å². The molecule has 0 aromatic heterocycles. The summed E-state index contributed by atoms with van der Waals surface area (Å²) in [5.41, 5.74) is 2.27. The Balaban J connectivity index is 1.91. The van der Waals surface area contributed by atoms with Crippen molar-refractivity contribution in [3.05, 3.63) is 52.6 Å². The molecule has 0 fully saturated rings. The lowest BCUT2D eigenvalue weighted by Gasteiger charge is -2.15. The lowest BCUT2D eigenvalue weighted by Crippen LogP contribution is -2.08. The molecule has 0 aliphatic heterocycles. The van der Waals surface area contributed by atoms with Crippen LogP contribution >= 0.6 is 68.4 Å². The Labute approximate surface area is 186 Å². The first-order valence-corrected chi connectivity index (χ1v) is 11.1. The maximum absolute atomic E-state index is 6.12. The van der Waals surface area contributed by atoms with Gasteiger partial charge in [0.1, 0.15) is 11.5 Å². The smallest absolute Gasteiger partial charge is 0.135 e. The van der Waals surface area contributed by atoms with Crippen molar-refractivity contribution in [2.75, 3.05) is 13.2 Å². The van der Waals surface area contributed by atoms with Gasteiger partial charge in [0, 0.05) is 16.5 Å². The largest absolute Gasteiger partial charge is 0.492 e. The van der Waals surface area contributed by atoms with Crippen LogP contribution in [0.15, 0.2) is 24.3 Å². The molecule has 0 unspecified atom stereocenters. The van der Waals surface area contributed by atoms with Gasteiger partial charge in [-0.1, -0.05) is 37.0 Å². The fourth-order valence-corrected chi connectivity index (χ4v) is 5.01. The summed E-state index contributed by atoms with van der Waals surface area (Å²) in [5, 5.41) is 1.50. The van der Waals surface area contributed by atoms with Crippen LogP contribution in [0.4, 0.5) is 0 Å². The van der Waals surface area contributed by atoms with Crippen molar-refractivity contribution >= 4 is 68.4 Å². The van der Waals surface area contributed by atoms with Crippen LogP contribution in [-0.2, 0) is 12.8 Å². The zero-order valence-corrected chi connectivity index (χ0v) is 20.0. The van der Waals surface area contributed by atoms with Gasteiger partial charge >= 0.3 is 0 Å². The summed E-state index contributed by atoms with van der Waals surface area (Å²) >= 11 is 16.8. The fraction of sp³-hybridized carbons (Fsp3) is 0.368. The van der Waals surface area contributed by atoms with Gasteiger partial charge in [-0.3, -0.25) is 0 Å². The molecular formula is C19H20Cl2I2O2. The van der Waals surface area contributed by atoms with Gasteiger partial charge in [-0.2, -0.15) is 0 Å². The first kappa shape index (κ1) is 21.4. The zero-order valence-electron chi connectivity index (χ0n) is 14.2. The van der Waals surface area contributed by atoms with Crippen LogP contribution in [0.3, 0.4) is 0 Å². The standard InChI is InChI=1S/C19H20Cl2I2O2/c1-3-12-8-14(20)10-16(22)18(12)24-6-5-7-25-19-13(4-2)9-15(21)11-17(19)23/h8-11H,3-7H2,1-2H3. The summed E-state index contributed by atoms with van der Waals surface area (Å²) in [6.45, 7) is 5.42. The molecule has 0 atom stereocenters. The van der Waals surface area contributed by atoms with Gasteiger partial charge < -0.3 is 9.47 Å². The molecule has 2 nitrogen and oxygen atoms in total. The molecule has 0 aliphatic carbocycles. The topological polar surface area (TPSA) is 18.5 Å². The summed E-state index contributed by atoms with van der Waals surface area (Å²) in [7, 11) is 0.